The molecule has 3 N–H and O–H groups in total. The van der Waals surface area contributed by atoms with Crippen LogP contribution in [-0.4, -0.2) is 34.0 Å². The molecule has 5 rings (SSSR count). The smallest absolute Gasteiger partial charge is 0.243 e. The maximum Gasteiger partial charge on any atom is 0.243 e. The molecule has 0 aliphatic carbocycles. The lowest BCUT2D eigenvalue weighted by Crippen LogP contribution is -2.48. The van der Waals surface area contributed by atoms with E-state index < -0.39 is 29.0 Å². The van der Waals surface area contributed by atoms with E-state index in [-0.39, 0.29) is 13.0 Å². The monoisotopic (exact) mass is 405 g/mol. The summed E-state index contributed by atoms with van der Waals surface area (Å²) in [6.07, 6.45) is 1.27. The molecule has 1 unspecified atom stereocenters. The normalized spacial score (nSPS) is 19.6. The van der Waals surface area contributed by atoms with Gasteiger partial charge in [0.05, 0.1) is 11.9 Å². The van der Waals surface area contributed by atoms with Gasteiger partial charge in [-0.15, -0.1) is 0 Å². The van der Waals surface area contributed by atoms with Crippen LogP contribution in [0.4, 0.5) is 15.9 Å². The largest absolute Gasteiger partial charge is 0.368 e. The molecule has 2 aliphatic rings. The zero-order valence-electron chi connectivity index (χ0n) is 15.6. The molecule has 0 saturated carbocycles. The lowest BCUT2D eigenvalue weighted by molar-refractivity contribution is -0.127. The first-order chi connectivity index (χ1) is 14.4. The van der Waals surface area contributed by atoms with Crippen LogP contribution >= 0.6 is 0 Å². The Hall–Kier alpha value is -4.01. The van der Waals surface area contributed by atoms with E-state index in [0.717, 1.165) is 0 Å². The molecule has 1 atom stereocenters. The van der Waals surface area contributed by atoms with Crippen molar-refractivity contribution < 1.29 is 18.8 Å². The van der Waals surface area contributed by atoms with Gasteiger partial charge in [0.2, 0.25) is 17.7 Å². The van der Waals surface area contributed by atoms with E-state index in [4.69, 9.17) is 5.73 Å². The maximum atomic E-state index is 14.2. The second-order valence-corrected chi connectivity index (χ2v) is 7.30. The van der Waals surface area contributed by atoms with E-state index in [0.29, 0.717) is 28.3 Å². The number of amides is 3. The minimum atomic E-state index is -1.49. The molecule has 3 heterocycles. The van der Waals surface area contributed by atoms with Gasteiger partial charge >= 0.3 is 0 Å². The van der Waals surface area contributed by atoms with Gasteiger partial charge in [0, 0.05) is 17.7 Å². The lowest BCUT2D eigenvalue weighted by atomic mass is 9.71. The minimum absolute atomic E-state index is 0.231. The number of nitrogens with zero attached hydrogens (tertiary/aromatic N) is 3. The summed E-state index contributed by atoms with van der Waals surface area (Å²) in [6, 6.07) is 13.0. The number of rotatable bonds is 3. The maximum absolute atomic E-state index is 14.2. The molecule has 9 heteroatoms. The van der Waals surface area contributed by atoms with Crippen LogP contribution in [0.1, 0.15) is 17.5 Å². The number of nitrogens with two attached hydrogens (primary N) is 1. The van der Waals surface area contributed by atoms with Crippen molar-refractivity contribution in [2.75, 3.05) is 16.8 Å². The summed E-state index contributed by atoms with van der Waals surface area (Å²) < 4.78 is 15.7. The second-order valence-electron chi connectivity index (χ2n) is 7.30. The van der Waals surface area contributed by atoms with Gasteiger partial charge in [0.1, 0.15) is 23.6 Å². The number of halogens is 1. The average Bonchev–Trinajstić information content (AvgIpc) is 3.23. The molecule has 0 bridgehead atoms. The fraction of sp³-hybridized carbons (Fsp3) is 0.143. The van der Waals surface area contributed by atoms with Gasteiger partial charge in [-0.25, -0.2) is 9.07 Å². The summed E-state index contributed by atoms with van der Waals surface area (Å²) in [5, 5.41) is 7.17. The van der Waals surface area contributed by atoms with E-state index in [1.165, 1.54) is 34.0 Å². The quantitative estimate of drug-likeness (QED) is 0.688. The number of benzene rings is 2. The third-order valence-electron chi connectivity index (χ3n) is 5.55. The molecule has 30 heavy (non-hydrogen) atoms. The molecule has 0 radical (unpaired) electrons. The van der Waals surface area contributed by atoms with Crippen molar-refractivity contribution in [1.82, 2.24) is 9.78 Å². The summed E-state index contributed by atoms with van der Waals surface area (Å²) in [5.41, 5.74) is 5.65. The molecular weight excluding hydrogens is 389 g/mol. The molecule has 0 saturated heterocycles. The van der Waals surface area contributed by atoms with Crippen LogP contribution in [0, 0.1) is 5.82 Å². The van der Waals surface area contributed by atoms with Gasteiger partial charge in [0.15, 0.2) is 0 Å². The Balaban J connectivity index is 1.77. The number of hydrogen-bond acceptors (Lipinski definition) is 4. The van der Waals surface area contributed by atoms with Gasteiger partial charge < -0.3 is 16.0 Å². The molecule has 3 amide bonds. The number of anilines is 2. The Morgan fingerprint density at radius 2 is 1.93 bits per heavy atom. The van der Waals surface area contributed by atoms with Crippen molar-refractivity contribution in [3.8, 4) is 5.69 Å². The highest BCUT2D eigenvalue weighted by atomic mass is 19.1. The highest BCUT2D eigenvalue weighted by Crippen LogP contribution is 2.52. The number of carbonyl (C=O) groups excluding carboxylic acids is 3. The van der Waals surface area contributed by atoms with Gasteiger partial charge in [0.25, 0.3) is 0 Å². The molecule has 1 aromatic heterocycles. The van der Waals surface area contributed by atoms with Gasteiger partial charge in [-0.2, -0.15) is 5.10 Å². The van der Waals surface area contributed by atoms with Crippen LogP contribution in [0.3, 0.4) is 0 Å². The molecular formula is C21H16FN5O3. The Morgan fingerprint density at radius 3 is 2.67 bits per heavy atom. The minimum Gasteiger partial charge on any atom is -0.368 e. The van der Waals surface area contributed by atoms with Crippen LogP contribution in [0.2, 0.25) is 0 Å². The summed E-state index contributed by atoms with van der Waals surface area (Å²) in [7, 11) is 0. The number of aromatic nitrogens is 2. The number of para-hydroxylation sites is 1. The van der Waals surface area contributed by atoms with Crippen LogP contribution in [0.25, 0.3) is 5.69 Å². The number of fused-ring (bicyclic) bond motifs is 4. The first-order valence-electron chi connectivity index (χ1n) is 9.26. The van der Waals surface area contributed by atoms with Crippen molar-refractivity contribution in [2.45, 2.75) is 11.8 Å². The fourth-order valence-corrected chi connectivity index (χ4v) is 4.34. The molecule has 2 aliphatic heterocycles. The molecule has 3 aromatic rings. The third kappa shape index (κ3) is 2.38. The van der Waals surface area contributed by atoms with E-state index >= 15 is 0 Å². The van der Waals surface area contributed by atoms with Crippen LogP contribution < -0.4 is 16.0 Å². The van der Waals surface area contributed by atoms with Crippen LogP contribution in [-0.2, 0) is 19.8 Å². The van der Waals surface area contributed by atoms with Gasteiger partial charge in [-0.3, -0.25) is 14.4 Å². The Bertz CT molecular complexity index is 1220. The van der Waals surface area contributed by atoms with E-state index in [2.05, 4.69) is 10.4 Å². The SMILES string of the molecule is NC(=O)CN1C(=O)C2(CC(=O)Nc3c2cnn3-c2ccccc2)c2cc(F)ccc21. The lowest BCUT2D eigenvalue weighted by Gasteiger charge is -2.32. The topological polar surface area (TPSA) is 110 Å². The average molecular weight is 405 g/mol. The van der Waals surface area contributed by atoms with Gasteiger partial charge in [-0.1, -0.05) is 18.2 Å². The number of primary amides is 1. The van der Waals surface area contributed by atoms with Crippen LogP contribution in [0.5, 0.6) is 0 Å². The van der Waals surface area contributed by atoms with E-state index in [1.807, 2.05) is 30.3 Å². The molecule has 150 valence electrons. The summed E-state index contributed by atoms with van der Waals surface area (Å²) >= 11 is 0. The highest BCUT2D eigenvalue weighted by molar-refractivity contribution is 6.17. The van der Waals surface area contributed by atoms with Crippen molar-refractivity contribution in [2.24, 2.45) is 5.73 Å². The fourth-order valence-electron chi connectivity index (χ4n) is 4.34. The van der Waals surface area contributed by atoms with E-state index in [1.54, 1.807) is 0 Å². The van der Waals surface area contributed by atoms with Crippen molar-refractivity contribution in [3.63, 3.8) is 0 Å². The Morgan fingerprint density at radius 1 is 1.17 bits per heavy atom. The zero-order valence-corrected chi connectivity index (χ0v) is 15.6. The standard InChI is InChI=1S/C21H16FN5O3/c22-12-6-7-16-14(8-12)21(20(30)26(16)11-17(23)28)9-18(29)25-19-15(21)10-24-27(19)13-4-2-1-3-5-13/h1-8,10H,9,11H2,(H2,23,28)(H,25,29). The molecule has 0 fully saturated rings. The highest BCUT2D eigenvalue weighted by Gasteiger charge is 2.57. The predicted octanol–water partition coefficient (Wildman–Crippen LogP) is 1.47. The predicted molar refractivity (Wildman–Crippen MR) is 106 cm³/mol. The summed E-state index contributed by atoms with van der Waals surface area (Å²) in [5.74, 6) is -1.85. The van der Waals surface area contributed by atoms with Gasteiger partial charge in [-0.05, 0) is 35.9 Å². The molecule has 1 spiro atoms. The number of nitrogens with one attached hydrogen (secondary N) is 1. The van der Waals surface area contributed by atoms with Crippen molar-refractivity contribution in [3.05, 3.63) is 71.7 Å². The molecule has 2 aromatic carbocycles. The summed E-state index contributed by atoms with van der Waals surface area (Å²) in [4.78, 5) is 39.2. The number of hydrogen-bond donors (Lipinski definition) is 2. The van der Waals surface area contributed by atoms with Crippen LogP contribution in [0.15, 0.2) is 54.7 Å². The Kier molecular flexibility index (Phi) is 3.76. The third-order valence-corrected chi connectivity index (χ3v) is 5.55. The first-order valence-corrected chi connectivity index (χ1v) is 9.26. The molecule has 8 nitrogen and oxygen atoms in total. The second kappa shape index (κ2) is 6.24. The van der Waals surface area contributed by atoms with E-state index in [9.17, 15) is 18.8 Å². The number of carbonyl (C=O) groups is 3. The first kappa shape index (κ1) is 18.0. The Labute approximate surface area is 170 Å². The zero-order chi connectivity index (χ0) is 21.0. The van der Waals surface area contributed by atoms with Crippen molar-refractivity contribution >= 4 is 29.2 Å². The van der Waals surface area contributed by atoms with Crippen molar-refractivity contribution in [1.29, 1.82) is 0 Å². The summed E-state index contributed by atoms with van der Waals surface area (Å²) in [6.45, 7) is -0.372.